The van der Waals surface area contributed by atoms with E-state index in [-0.39, 0.29) is 17.1 Å². The molecule has 0 radical (unpaired) electrons. The second-order valence-corrected chi connectivity index (χ2v) is 6.91. The number of aromatic nitrogens is 1. The third-order valence-corrected chi connectivity index (χ3v) is 4.36. The molecule has 0 unspecified atom stereocenters. The number of nitrogens with zero attached hydrogens (tertiary/aromatic N) is 1. The number of benzene rings is 2. The number of amides is 2. The molecular weight excluding hydrogens is 464 g/mol. The van der Waals surface area contributed by atoms with E-state index in [1.807, 2.05) is 0 Å². The Morgan fingerprint density at radius 2 is 1.47 bits per heavy atom. The topological polar surface area (TPSA) is 71.1 Å². The highest BCUT2D eigenvalue weighted by molar-refractivity contribution is 6.05. The maximum absolute atomic E-state index is 12.8. The van der Waals surface area contributed by atoms with Crippen LogP contribution in [0, 0.1) is 0 Å². The van der Waals surface area contributed by atoms with Gasteiger partial charge in [0.05, 0.1) is 11.1 Å². The number of halogens is 6. The lowest BCUT2D eigenvalue weighted by Crippen LogP contribution is -2.14. The van der Waals surface area contributed by atoms with Crippen molar-refractivity contribution in [1.82, 2.24) is 4.98 Å². The lowest BCUT2D eigenvalue weighted by Gasteiger charge is -2.10. The van der Waals surface area contributed by atoms with Gasteiger partial charge < -0.3 is 10.6 Å². The van der Waals surface area contributed by atoms with E-state index in [1.54, 1.807) is 6.07 Å². The first-order valence-corrected chi connectivity index (χ1v) is 9.53. The molecule has 176 valence electrons. The van der Waals surface area contributed by atoms with Gasteiger partial charge in [0.1, 0.15) is 5.82 Å². The molecule has 1 heterocycles. The van der Waals surface area contributed by atoms with Crippen LogP contribution in [-0.2, 0) is 17.1 Å². The normalized spacial score (nSPS) is 11.9. The number of hydrogen-bond donors (Lipinski definition) is 2. The molecule has 3 aromatic rings. The second-order valence-electron chi connectivity index (χ2n) is 6.91. The van der Waals surface area contributed by atoms with Crippen LogP contribution in [-0.4, -0.2) is 16.8 Å². The summed E-state index contributed by atoms with van der Waals surface area (Å²) in [5.41, 5.74) is -1.42. The second kappa shape index (κ2) is 9.77. The summed E-state index contributed by atoms with van der Waals surface area (Å²) in [6.45, 7) is 0. The van der Waals surface area contributed by atoms with Crippen molar-refractivity contribution in [2.24, 2.45) is 0 Å². The van der Waals surface area contributed by atoms with Crippen molar-refractivity contribution in [3.63, 3.8) is 0 Å². The molecule has 2 amide bonds. The minimum absolute atomic E-state index is 0.191. The highest BCUT2D eigenvalue weighted by Crippen LogP contribution is 2.30. The zero-order chi connectivity index (χ0) is 24.9. The zero-order valence-corrected chi connectivity index (χ0v) is 17.0. The average molecular weight is 479 g/mol. The van der Waals surface area contributed by atoms with Crippen LogP contribution >= 0.6 is 0 Å². The maximum atomic E-state index is 12.8. The Labute approximate surface area is 189 Å². The quantitative estimate of drug-likeness (QED) is 0.347. The summed E-state index contributed by atoms with van der Waals surface area (Å²) < 4.78 is 76.8. The fourth-order valence-corrected chi connectivity index (χ4v) is 2.78. The van der Waals surface area contributed by atoms with E-state index in [1.165, 1.54) is 30.3 Å². The van der Waals surface area contributed by atoms with Crippen molar-refractivity contribution in [2.45, 2.75) is 12.4 Å². The van der Waals surface area contributed by atoms with E-state index in [4.69, 9.17) is 0 Å². The van der Waals surface area contributed by atoms with Gasteiger partial charge in [0.25, 0.3) is 5.91 Å². The van der Waals surface area contributed by atoms with E-state index >= 15 is 0 Å². The van der Waals surface area contributed by atoms with Gasteiger partial charge >= 0.3 is 12.4 Å². The Morgan fingerprint density at radius 1 is 0.794 bits per heavy atom. The molecular formula is C23H15F6N3O2. The highest BCUT2D eigenvalue weighted by atomic mass is 19.4. The number of carbonyl (C=O) groups is 2. The first-order valence-electron chi connectivity index (χ1n) is 9.53. The van der Waals surface area contributed by atoms with Crippen LogP contribution < -0.4 is 10.6 Å². The Bertz CT molecular complexity index is 1240. The van der Waals surface area contributed by atoms with Gasteiger partial charge in [0, 0.05) is 23.5 Å². The van der Waals surface area contributed by atoms with Crippen LogP contribution in [0.2, 0.25) is 0 Å². The van der Waals surface area contributed by atoms with Crippen molar-refractivity contribution in [2.75, 3.05) is 10.6 Å². The maximum Gasteiger partial charge on any atom is 0.416 e. The van der Waals surface area contributed by atoms with Gasteiger partial charge in [-0.25, -0.2) is 4.98 Å². The fourth-order valence-electron chi connectivity index (χ4n) is 2.78. The minimum Gasteiger partial charge on any atom is -0.322 e. The molecule has 0 aliphatic carbocycles. The molecule has 0 spiro atoms. The van der Waals surface area contributed by atoms with Gasteiger partial charge in [0.2, 0.25) is 5.91 Å². The summed E-state index contributed by atoms with van der Waals surface area (Å²) in [4.78, 5) is 28.0. The first-order chi connectivity index (χ1) is 15.9. The van der Waals surface area contributed by atoms with Crippen LogP contribution in [0.1, 0.15) is 27.0 Å². The Hall–Kier alpha value is -4.15. The lowest BCUT2D eigenvalue weighted by molar-refractivity contribution is -0.138. The minimum atomic E-state index is -4.59. The number of nitrogens with one attached hydrogen (secondary N) is 2. The van der Waals surface area contributed by atoms with Crippen LogP contribution in [0.5, 0.6) is 0 Å². The van der Waals surface area contributed by atoms with Crippen LogP contribution in [0.3, 0.4) is 0 Å². The molecule has 34 heavy (non-hydrogen) atoms. The first kappa shape index (κ1) is 24.5. The van der Waals surface area contributed by atoms with Gasteiger partial charge in [-0.15, -0.1) is 0 Å². The summed E-state index contributed by atoms with van der Waals surface area (Å²) in [6.07, 6.45) is -5.88. The van der Waals surface area contributed by atoms with Crippen molar-refractivity contribution >= 4 is 29.4 Å². The number of anilines is 2. The molecule has 1 aromatic heterocycles. The summed E-state index contributed by atoms with van der Waals surface area (Å²) in [6, 6.07) is 11.5. The Morgan fingerprint density at radius 3 is 2.18 bits per heavy atom. The molecule has 0 fully saturated rings. The highest BCUT2D eigenvalue weighted by Gasteiger charge is 2.31. The van der Waals surface area contributed by atoms with E-state index in [0.717, 1.165) is 36.5 Å². The SMILES string of the molecule is O=C(/C=C/c1cccc(NC(=O)c2cccc(C(F)(F)F)c2)c1)Nc1cc(C(F)(F)F)ccn1. The van der Waals surface area contributed by atoms with Crippen LogP contribution in [0.25, 0.3) is 6.08 Å². The molecule has 0 saturated carbocycles. The molecule has 0 aliphatic rings. The molecule has 3 rings (SSSR count). The Kier molecular flexibility index (Phi) is 7.04. The van der Waals surface area contributed by atoms with Crippen molar-refractivity contribution in [1.29, 1.82) is 0 Å². The Balaban J connectivity index is 1.66. The zero-order valence-electron chi connectivity index (χ0n) is 17.0. The summed E-state index contributed by atoms with van der Waals surface area (Å²) >= 11 is 0. The fraction of sp³-hybridized carbons (Fsp3) is 0.0870. The van der Waals surface area contributed by atoms with E-state index in [2.05, 4.69) is 15.6 Å². The van der Waals surface area contributed by atoms with Gasteiger partial charge in [0.15, 0.2) is 0 Å². The molecule has 0 aliphatic heterocycles. The van der Waals surface area contributed by atoms with Crippen LogP contribution in [0.4, 0.5) is 37.8 Å². The smallest absolute Gasteiger partial charge is 0.322 e. The summed E-state index contributed by atoms with van der Waals surface area (Å²) in [5, 5.41) is 4.68. The largest absolute Gasteiger partial charge is 0.416 e. The van der Waals surface area contributed by atoms with Crippen LogP contribution in [0.15, 0.2) is 72.9 Å². The molecule has 2 aromatic carbocycles. The average Bonchev–Trinajstić information content (AvgIpc) is 2.77. The third-order valence-electron chi connectivity index (χ3n) is 4.36. The molecule has 11 heteroatoms. The molecule has 0 saturated heterocycles. The monoisotopic (exact) mass is 479 g/mol. The van der Waals surface area contributed by atoms with Crippen molar-refractivity contribution < 1.29 is 35.9 Å². The van der Waals surface area contributed by atoms with Gasteiger partial charge in [-0.3, -0.25) is 9.59 Å². The van der Waals surface area contributed by atoms with Gasteiger partial charge in [-0.2, -0.15) is 26.3 Å². The van der Waals surface area contributed by atoms with E-state index in [9.17, 15) is 35.9 Å². The van der Waals surface area contributed by atoms with Crippen molar-refractivity contribution in [3.05, 3.63) is 95.2 Å². The summed E-state index contributed by atoms with van der Waals surface area (Å²) in [7, 11) is 0. The van der Waals surface area contributed by atoms with E-state index in [0.29, 0.717) is 11.6 Å². The predicted molar refractivity (Wildman–Crippen MR) is 113 cm³/mol. The number of carbonyl (C=O) groups excluding carboxylic acids is 2. The molecule has 5 nitrogen and oxygen atoms in total. The van der Waals surface area contributed by atoms with Gasteiger partial charge in [-0.1, -0.05) is 18.2 Å². The van der Waals surface area contributed by atoms with Gasteiger partial charge in [-0.05, 0) is 54.1 Å². The molecule has 0 bridgehead atoms. The predicted octanol–water partition coefficient (Wildman–Crippen LogP) is 6.02. The number of alkyl halides is 6. The van der Waals surface area contributed by atoms with E-state index < -0.39 is 35.3 Å². The third kappa shape index (κ3) is 6.67. The van der Waals surface area contributed by atoms with Crippen molar-refractivity contribution in [3.8, 4) is 0 Å². The number of rotatable bonds is 5. The number of pyridine rings is 1. The summed E-state index contributed by atoms with van der Waals surface area (Å²) in [5.74, 6) is -1.79. The molecule has 0 atom stereocenters. The lowest BCUT2D eigenvalue weighted by atomic mass is 10.1. The number of hydrogen-bond acceptors (Lipinski definition) is 3. The standard InChI is InChI=1S/C23H15F6N3O2/c24-22(25,26)16-5-2-4-15(12-16)21(34)31-18-6-1-3-14(11-18)7-8-20(33)32-19-13-17(9-10-30-19)23(27,28)29/h1-13H,(H,31,34)(H,30,32,33)/b8-7+. The molecule has 2 N–H and O–H groups in total.